The molecule has 9 rings (SSSR count). The quantitative estimate of drug-likeness (QED) is 0.351. The molecule has 0 N–H and O–H groups in total. The molecule has 4 aliphatic heterocycles. The molecule has 0 bridgehead atoms. The van der Waals surface area contributed by atoms with Crippen LogP contribution < -0.4 is 11.0 Å². The molecule has 5 aliphatic rings. The highest BCUT2D eigenvalue weighted by Gasteiger charge is 2.60. The topological polar surface area (TPSA) is 49.9 Å². The summed E-state index contributed by atoms with van der Waals surface area (Å²) in [7, 11) is 0. The largest absolute Gasteiger partial charge is 0.258 e. The number of hydrogen-bond acceptors (Lipinski definition) is 3. The van der Waals surface area contributed by atoms with E-state index in [1.165, 1.54) is 22.1 Å². The van der Waals surface area contributed by atoms with Gasteiger partial charge in [-0.15, -0.1) is 0 Å². The van der Waals surface area contributed by atoms with Gasteiger partial charge in [0.1, 0.15) is 11.3 Å². The summed E-state index contributed by atoms with van der Waals surface area (Å²) in [6.45, 7) is 8.79. The van der Waals surface area contributed by atoms with Crippen LogP contribution in [0, 0.1) is 25.7 Å². The highest BCUT2D eigenvalue weighted by molar-refractivity contribution is 6.07. The standard InChI is InChI=1S/C29H23N6/c1-14-5-8-17-20(11-14)26-30-24-18-9-6-15(2)12-21(18)28-32-25-19-10-7-16(3)13-22(19)27-31-23(17)33(26)29(4,34(24)28)35(25)27/h5-13,17,20H,1-4H3/q+1/t17?,20?,29-/m0/s1. The Morgan fingerprint density at radius 2 is 1.49 bits per heavy atom. The van der Waals surface area contributed by atoms with Crippen molar-refractivity contribution in [1.29, 1.82) is 0 Å². The molecule has 6 nitrogen and oxygen atoms in total. The Hall–Kier alpha value is -4.06. The molecule has 0 radical (unpaired) electrons. The molecule has 3 atom stereocenters. The highest BCUT2D eigenvalue weighted by atomic mass is 15.6. The molecular formula is C29H23N6+. The number of aryl methyl sites for hydroxylation is 2. The zero-order valence-electron chi connectivity index (χ0n) is 20.0. The summed E-state index contributed by atoms with van der Waals surface area (Å²) in [5.74, 6) is 3.99. The van der Waals surface area contributed by atoms with Crippen LogP contribution >= 0.6 is 0 Å². The van der Waals surface area contributed by atoms with Crippen molar-refractivity contribution in [1.82, 2.24) is 9.13 Å². The van der Waals surface area contributed by atoms with Gasteiger partial charge in [-0.1, -0.05) is 63.1 Å². The predicted molar refractivity (Wildman–Crippen MR) is 137 cm³/mol. The minimum Gasteiger partial charge on any atom is -0.240 e. The predicted octanol–water partition coefficient (Wildman–Crippen LogP) is 4.51. The number of aromatic nitrogens is 2. The number of rotatable bonds is 0. The lowest BCUT2D eigenvalue weighted by Crippen LogP contribution is -2.62. The SMILES string of the molecule is CC1=CC2C3=Nc4c5ccc(C)cc5c5n4[C@@]4(C)n6c(c7cc(C)ccc7c6=N5)=NC(=[N+]34)C2C=C1. The smallest absolute Gasteiger partial charge is 0.240 e. The molecule has 0 saturated heterocycles. The molecule has 4 aromatic rings. The second-order valence-electron chi connectivity index (χ2n) is 10.7. The van der Waals surface area contributed by atoms with Crippen molar-refractivity contribution < 1.29 is 4.58 Å². The summed E-state index contributed by atoms with van der Waals surface area (Å²) in [5, 5.41) is 4.65. The van der Waals surface area contributed by atoms with Crippen LogP contribution in [0.2, 0.25) is 0 Å². The fraction of sp³-hybridized carbons (Fsp3) is 0.241. The van der Waals surface area contributed by atoms with Crippen LogP contribution in [0.4, 0.5) is 11.6 Å². The third-order valence-electron chi connectivity index (χ3n) is 8.53. The Morgan fingerprint density at radius 1 is 0.771 bits per heavy atom. The zero-order chi connectivity index (χ0) is 23.4. The number of nitrogens with zero attached hydrogens (tertiary/aromatic N) is 6. The average molecular weight is 456 g/mol. The molecule has 6 heteroatoms. The van der Waals surface area contributed by atoms with Crippen molar-refractivity contribution in [3.63, 3.8) is 0 Å². The average Bonchev–Trinajstić information content (AvgIpc) is 3.43. The van der Waals surface area contributed by atoms with Crippen LogP contribution in [0.15, 0.2) is 75.2 Å². The van der Waals surface area contributed by atoms with E-state index in [2.05, 4.69) is 96.0 Å². The van der Waals surface area contributed by atoms with E-state index in [1.54, 1.807) is 0 Å². The number of fused-ring (bicyclic) bond motifs is 9. The van der Waals surface area contributed by atoms with Crippen molar-refractivity contribution in [2.45, 2.75) is 33.5 Å². The highest BCUT2D eigenvalue weighted by Crippen LogP contribution is 2.50. The van der Waals surface area contributed by atoms with Gasteiger partial charge in [0.05, 0.1) is 11.8 Å². The monoisotopic (exact) mass is 455 g/mol. The first kappa shape index (κ1) is 18.3. The van der Waals surface area contributed by atoms with Gasteiger partial charge in [-0.25, -0.2) is 14.1 Å². The number of aliphatic imine (C=N–C) groups is 1. The van der Waals surface area contributed by atoms with Crippen molar-refractivity contribution in [2.75, 3.05) is 0 Å². The Balaban J connectivity index is 1.58. The van der Waals surface area contributed by atoms with E-state index in [4.69, 9.17) is 15.0 Å². The first-order chi connectivity index (χ1) is 16.9. The molecule has 2 aromatic heterocycles. The minimum atomic E-state index is -0.544. The van der Waals surface area contributed by atoms with Gasteiger partial charge < -0.3 is 0 Å². The number of allylic oxidation sites excluding steroid dienone is 2. The summed E-state index contributed by atoms with van der Waals surface area (Å²) in [6, 6.07) is 13.3. The van der Waals surface area contributed by atoms with Gasteiger partial charge in [-0.3, -0.25) is 0 Å². The van der Waals surface area contributed by atoms with E-state index in [-0.39, 0.29) is 11.8 Å². The lowest BCUT2D eigenvalue weighted by atomic mass is 9.86. The first-order valence-electron chi connectivity index (χ1n) is 12.3. The summed E-state index contributed by atoms with van der Waals surface area (Å²) < 4.78 is 7.12. The molecule has 0 fully saturated rings. The maximum Gasteiger partial charge on any atom is 0.258 e. The maximum atomic E-state index is 5.38. The molecule has 0 spiro atoms. The number of benzene rings is 2. The summed E-state index contributed by atoms with van der Waals surface area (Å²) in [4.78, 5) is 16.1. The maximum absolute atomic E-state index is 5.38. The zero-order valence-corrected chi connectivity index (χ0v) is 20.0. The van der Waals surface area contributed by atoms with Gasteiger partial charge in [0.2, 0.25) is 11.3 Å². The molecule has 1 aliphatic carbocycles. The van der Waals surface area contributed by atoms with E-state index in [0.717, 1.165) is 50.4 Å². The molecular weight excluding hydrogens is 432 g/mol. The van der Waals surface area contributed by atoms with Crippen LogP contribution in [0.1, 0.15) is 25.0 Å². The Labute approximate surface area is 201 Å². The lowest BCUT2D eigenvalue weighted by Gasteiger charge is -2.39. The van der Waals surface area contributed by atoms with Crippen molar-refractivity contribution in [3.8, 4) is 0 Å². The molecule has 0 amide bonds. The third-order valence-corrected chi connectivity index (χ3v) is 8.53. The van der Waals surface area contributed by atoms with Crippen LogP contribution in [0.25, 0.3) is 21.5 Å². The van der Waals surface area contributed by atoms with Gasteiger partial charge >= 0.3 is 0 Å². The van der Waals surface area contributed by atoms with Gasteiger partial charge in [-0.2, -0.15) is 4.58 Å². The Kier molecular flexibility index (Phi) is 2.84. The third kappa shape index (κ3) is 1.83. The van der Waals surface area contributed by atoms with Crippen molar-refractivity contribution >= 4 is 44.9 Å². The van der Waals surface area contributed by atoms with E-state index in [9.17, 15) is 0 Å². The Bertz CT molecular complexity index is 2010. The van der Waals surface area contributed by atoms with Crippen LogP contribution in [0.3, 0.4) is 0 Å². The molecule has 2 unspecified atom stereocenters. The second kappa shape index (κ2) is 5.43. The summed E-state index contributed by atoms with van der Waals surface area (Å²) in [5.41, 5.74) is 5.73. The first-order valence-corrected chi connectivity index (χ1v) is 12.3. The number of amidine groups is 2. The van der Waals surface area contributed by atoms with Crippen molar-refractivity contribution in [3.05, 3.63) is 82.3 Å². The minimum absolute atomic E-state index is 0.182. The fourth-order valence-corrected chi connectivity index (χ4v) is 7.02. The fourth-order valence-electron chi connectivity index (χ4n) is 7.02. The molecule has 35 heavy (non-hydrogen) atoms. The van der Waals surface area contributed by atoms with E-state index in [0.29, 0.717) is 0 Å². The summed E-state index contributed by atoms with van der Waals surface area (Å²) >= 11 is 0. The van der Waals surface area contributed by atoms with Crippen LogP contribution in [-0.2, 0) is 5.79 Å². The van der Waals surface area contributed by atoms with Crippen molar-refractivity contribution in [2.24, 2.45) is 26.8 Å². The van der Waals surface area contributed by atoms with Gasteiger partial charge in [-0.05, 0) is 39.0 Å². The molecule has 168 valence electrons. The number of hydrogen-bond donors (Lipinski definition) is 0. The van der Waals surface area contributed by atoms with Crippen LogP contribution in [0.5, 0.6) is 0 Å². The van der Waals surface area contributed by atoms with E-state index in [1.807, 2.05) is 0 Å². The molecule has 6 heterocycles. The van der Waals surface area contributed by atoms with Gasteiger partial charge in [0.25, 0.3) is 17.5 Å². The summed E-state index contributed by atoms with van der Waals surface area (Å²) in [6.07, 6.45) is 6.92. The van der Waals surface area contributed by atoms with Gasteiger partial charge in [0.15, 0.2) is 0 Å². The molecule has 2 aromatic carbocycles. The van der Waals surface area contributed by atoms with E-state index < -0.39 is 5.79 Å². The second-order valence-corrected chi connectivity index (χ2v) is 10.7. The Morgan fingerprint density at radius 3 is 2.31 bits per heavy atom. The lowest BCUT2D eigenvalue weighted by molar-refractivity contribution is -0.552. The van der Waals surface area contributed by atoms with Gasteiger partial charge in [0, 0.05) is 28.5 Å². The normalized spacial score (nSPS) is 26.4. The molecule has 0 saturated carbocycles. The van der Waals surface area contributed by atoms with Crippen LogP contribution in [-0.4, -0.2) is 25.4 Å². The van der Waals surface area contributed by atoms with E-state index >= 15 is 0 Å².